The Labute approximate surface area is 124 Å². The summed E-state index contributed by atoms with van der Waals surface area (Å²) in [6.07, 6.45) is 2.61. The predicted molar refractivity (Wildman–Crippen MR) is 82.7 cm³/mol. The second-order valence-electron chi connectivity index (χ2n) is 4.34. The average molecular weight is 363 g/mol. The second-order valence-corrected chi connectivity index (χ2v) is 4.34. The van der Waals surface area contributed by atoms with Crippen molar-refractivity contribution in [3.8, 4) is 0 Å². The van der Waals surface area contributed by atoms with Crippen LogP contribution < -0.4 is 10.6 Å². The number of aliphatic imine (C=N–C) groups is 1. The van der Waals surface area contributed by atoms with Gasteiger partial charge >= 0.3 is 0 Å². The quantitative estimate of drug-likeness (QED) is 0.490. The Bertz CT molecular complexity index is 405. The van der Waals surface area contributed by atoms with E-state index in [2.05, 4.69) is 15.6 Å². The van der Waals surface area contributed by atoms with Crippen LogP contribution in [0.3, 0.4) is 0 Å². The third kappa shape index (κ3) is 4.80. The van der Waals surface area contributed by atoms with E-state index >= 15 is 0 Å². The summed E-state index contributed by atoms with van der Waals surface area (Å²) >= 11 is 0. The van der Waals surface area contributed by atoms with E-state index in [0.29, 0.717) is 12.1 Å². The molecule has 0 saturated heterocycles. The molecule has 0 heterocycles. The molecule has 1 aromatic carbocycles. The van der Waals surface area contributed by atoms with Crippen molar-refractivity contribution in [2.24, 2.45) is 10.9 Å². The average Bonchev–Trinajstić information content (AvgIpc) is 3.15. The maximum atomic E-state index is 13.4. The van der Waals surface area contributed by atoms with Gasteiger partial charge in [0.05, 0.1) is 0 Å². The van der Waals surface area contributed by atoms with Crippen LogP contribution in [-0.4, -0.2) is 19.6 Å². The minimum absolute atomic E-state index is 0. The topological polar surface area (TPSA) is 36.4 Å². The zero-order valence-electron chi connectivity index (χ0n) is 10.4. The molecule has 1 aromatic rings. The number of hydrogen-bond acceptors (Lipinski definition) is 1. The van der Waals surface area contributed by atoms with Crippen molar-refractivity contribution in [1.29, 1.82) is 0 Å². The molecule has 1 aliphatic carbocycles. The lowest BCUT2D eigenvalue weighted by Gasteiger charge is -2.11. The summed E-state index contributed by atoms with van der Waals surface area (Å²) < 4.78 is 13.4. The molecule has 0 radical (unpaired) electrons. The van der Waals surface area contributed by atoms with Gasteiger partial charge in [-0.2, -0.15) is 0 Å². The minimum atomic E-state index is -0.183. The number of rotatable bonds is 4. The van der Waals surface area contributed by atoms with E-state index < -0.39 is 0 Å². The lowest BCUT2D eigenvalue weighted by Crippen LogP contribution is -2.38. The summed E-state index contributed by atoms with van der Waals surface area (Å²) in [4.78, 5) is 4.10. The highest BCUT2D eigenvalue weighted by atomic mass is 127. The fourth-order valence-corrected chi connectivity index (χ4v) is 1.60. The summed E-state index contributed by atoms with van der Waals surface area (Å²) in [6, 6.07) is 6.77. The molecule has 0 aliphatic heterocycles. The summed E-state index contributed by atoms with van der Waals surface area (Å²) in [5.74, 6) is 1.35. The number of guanidine groups is 1. The smallest absolute Gasteiger partial charge is 0.191 e. The van der Waals surface area contributed by atoms with Crippen LogP contribution in [0.25, 0.3) is 0 Å². The van der Waals surface area contributed by atoms with Gasteiger partial charge in [0.1, 0.15) is 5.82 Å². The van der Waals surface area contributed by atoms with Gasteiger partial charge in [0.25, 0.3) is 0 Å². The third-order valence-electron chi connectivity index (χ3n) is 2.88. The largest absolute Gasteiger partial charge is 0.356 e. The Morgan fingerprint density at radius 3 is 2.67 bits per heavy atom. The number of nitrogens with zero attached hydrogens (tertiary/aromatic N) is 1. The van der Waals surface area contributed by atoms with E-state index in [-0.39, 0.29) is 29.8 Å². The van der Waals surface area contributed by atoms with E-state index in [4.69, 9.17) is 0 Å². The maximum absolute atomic E-state index is 13.4. The van der Waals surface area contributed by atoms with Crippen LogP contribution in [0.5, 0.6) is 0 Å². The molecule has 1 fully saturated rings. The molecule has 2 rings (SSSR count). The van der Waals surface area contributed by atoms with E-state index in [1.54, 1.807) is 19.2 Å². The van der Waals surface area contributed by atoms with Gasteiger partial charge in [0.2, 0.25) is 0 Å². The molecule has 2 N–H and O–H groups in total. The SMILES string of the molecule is CN=C(NCc1ccccc1F)NCC1CC1.I. The number of hydrogen-bond donors (Lipinski definition) is 2. The van der Waals surface area contributed by atoms with Crippen molar-refractivity contribution in [3.63, 3.8) is 0 Å². The van der Waals surface area contributed by atoms with E-state index in [1.165, 1.54) is 18.9 Å². The normalized spacial score (nSPS) is 14.9. The molecule has 3 nitrogen and oxygen atoms in total. The van der Waals surface area contributed by atoms with Gasteiger partial charge in [-0.25, -0.2) is 4.39 Å². The lowest BCUT2D eigenvalue weighted by atomic mass is 10.2. The van der Waals surface area contributed by atoms with Crippen molar-refractivity contribution >= 4 is 29.9 Å². The number of halogens is 2. The fourth-order valence-electron chi connectivity index (χ4n) is 1.60. The highest BCUT2D eigenvalue weighted by molar-refractivity contribution is 14.0. The molecular formula is C13H19FIN3. The summed E-state index contributed by atoms with van der Waals surface area (Å²) in [5.41, 5.74) is 0.655. The van der Waals surface area contributed by atoms with Gasteiger partial charge in [-0.3, -0.25) is 4.99 Å². The Morgan fingerprint density at radius 1 is 1.33 bits per heavy atom. The van der Waals surface area contributed by atoms with Gasteiger partial charge in [-0.15, -0.1) is 24.0 Å². The van der Waals surface area contributed by atoms with Crippen LogP contribution in [0.2, 0.25) is 0 Å². The summed E-state index contributed by atoms with van der Waals surface area (Å²) in [7, 11) is 1.73. The van der Waals surface area contributed by atoms with Gasteiger partial charge in [-0.1, -0.05) is 18.2 Å². The van der Waals surface area contributed by atoms with Crippen molar-refractivity contribution in [3.05, 3.63) is 35.6 Å². The Hall–Kier alpha value is -0.850. The van der Waals surface area contributed by atoms with Crippen molar-refractivity contribution < 1.29 is 4.39 Å². The van der Waals surface area contributed by atoms with Crippen LogP contribution in [0.4, 0.5) is 4.39 Å². The first-order valence-electron chi connectivity index (χ1n) is 5.97. The standard InChI is InChI=1S/C13H18FN3.HI/c1-15-13(16-8-10-6-7-10)17-9-11-4-2-3-5-12(11)14;/h2-5,10H,6-9H2,1H3,(H2,15,16,17);1H. The zero-order valence-corrected chi connectivity index (χ0v) is 12.8. The number of benzene rings is 1. The van der Waals surface area contributed by atoms with Gasteiger partial charge in [-0.05, 0) is 24.8 Å². The van der Waals surface area contributed by atoms with Crippen LogP contribution in [-0.2, 0) is 6.54 Å². The van der Waals surface area contributed by atoms with Crippen molar-refractivity contribution in [1.82, 2.24) is 10.6 Å². The Kier molecular flexibility index (Phi) is 6.38. The molecule has 1 saturated carbocycles. The summed E-state index contributed by atoms with van der Waals surface area (Å²) in [5, 5.41) is 6.35. The molecule has 1 aliphatic rings. The molecule has 0 bridgehead atoms. The van der Waals surface area contributed by atoms with E-state index in [9.17, 15) is 4.39 Å². The molecule has 0 amide bonds. The molecule has 0 aromatic heterocycles. The first-order chi connectivity index (χ1) is 8.29. The van der Waals surface area contributed by atoms with Crippen LogP contribution in [0.1, 0.15) is 18.4 Å². The fraction of sp³-hybridized carbons (Fsp3) is 0.462. The monoisotopic (exact) mass is 363 g/mol. The lowest BCUT2D eigenvalue weighted by molar-refractivity contribution is 0.604. The first kappa shape index (κ1) is 15.2. The summed E-state index contributed by atoms with van der Waals surface area (Å²) in [6.45, 7) is 1.41. The van der Waals surface area contributed by atoms with Crippen LogP contribution >= 0.6 is 24.0 Å². The van der Waals surface area contributed by atoms with Gasteiger partial charge < -0.3 is 10.6 Å². The molecule has 100 valence electrons. The molecule has 0 spiro atoms. The van der Waals surface area contributed by atoms with E-state index in [0.717, 1.165) is 18.4 Å². The predicted octanol–water partition coefficient (Wildman–Crippen LogP) is 2.52. The zero-order chi connectivity index (χ0) is 12.1. The molecule has 0 atom stereocenters. The maximum Gasteiger partial charge on any atom is 0.191 e. The van der Waals surface area contributed by atoms with E-state index in [1.807, 2.05) is 6.07 Å². The number of nitrogens with one attached hydrogen (secondary N) is 2. The molecule has 5 heteroatoms. The molecule has 18 heavy (non-hydrogen) atoms. The van der Waals surface area contributed by atoms with Crippen LogP contribution in [0, 0.1) is 11.7 Å². The third-order valence-corrected chi connectivity index (χ3v) is 2.88. The molecule has 0 unspecified atom stereocenters. The highest BCUT2D eigenvalue weighted by Gasteiger charge is 2.20. The minimum Gasteiger partial charge on any atom is -0.356 e. The van der Waals surface area contributed by atoms with Crippen molar-refractivity contribution in [2.45, 2.75) is 19.4 Å². The first-order valence-corrected chi connectivity index (χ1v) is 5.97. The van der Waals surface area contributed by atoms with Crippen LogP contribution in [0.15, 0.2) is 29.3 Å². The Balaban J connectivity index is 0.00000162. The van der Waals surface area contributed by atoms with Gasteiger partial charge in [0, 0.05) is 25.7 Å². The molecular weight excluding hydrogens is 344 g/mol. The van der Waals surface area contributed by atoms with Crippen molar-refractivity contribution in [2.75, 3.05) is 13.6 Å². The Morgan fingerprint density at radius 2 is 2.06 bits per heavy atom. The second kappa shape index (κ2) is 7.56. The van der Waals surface area contributed by atoms with Gasteiger partial charge in [0.15, 0.2) is 5.96 Å². The highest BCUT2D eigenvalue weighted by Crippen LogP contribution is 2.27.